The zero-order valence-electron chi connectivity index (χ0n) is 13.8. The van der Waals surface area contributed by atoms with Crippen molar-refractivity contribution >= 4 is 40.7 Å². The largest absolute Gasteiger partial charge is 0.379 e. The van der Waals surface area contributed by atoms with E-state index in [1.807, 2.05) is 0 Å². The van der Waals surface area contributed by atoms with Gasteiger partial charge in [-0.05, 0) is 31.0 Å². The Morgan fingerprint density at radius 3 is 2.52 bits per heavy atom. The molecule has 1 aromatic rings. The van der Waals surface area contributed by atoms with E-state index in [4.69, 9.17) is 27.9 Å². The van der Waals surface area contributed by atoms with Gasteiger partial charge in [0.1, 0.15) is 5.41 Å². The predicted molar refractivity (Wildman–Crippen MR) is 97.0 cm³/mol. The molecule has 1 aliphatic carbocycles. The molecule has 1 heterocycles. The van der Waals surface area contributed by atoms with E-state index in [0.717, 1.165) is 32.8 Å². The Balaban J connectivity index is 1.51. The van der Waals surface area contributed by atoms with Gasteiger partial charge in [-0.2, -0.15) is 0 Å². The van der Waals surface area contributed by atoms with Crippen LogP contribution in [0.4, 0.5) is 5.69 Å². The summed E-state index contributed by atoms with van der Waals surface area (Å²) >= 11 is 11.9. The van der Waals surface area contributed by atoms with Crippen LogP contribution in [0.1, 0.15) is 12.8 Å². The number of benzene rings is 1. The van der Waals surface area contributed by atoms with Crippen LogP contribution in [0, 0.1) is 5.41 Å². The molecule has 6 nitrogen and oxygen atoms in total. The summed E-state index contributed by atoms with van der Waals surface area (Å²) in [7, 11) is 0. The minimum absolute atomic E-state index is 0.219. The number of nitrogens with one attached hydrogen (secondary N) is 2. The van der Waals surface area contributed by atoms with E-state index in [1.54, 1.807) is 18.2 Å². The second-order valence-corrected chi connectivity index (χ2v) is 7.21. The lowest BCUT2D eigenvalue weighted by atomic mass is 10.1. The number of anilines is 1. The third-order valence-electron chi connectivity index (χ3n) is 4.62. The first kappa shape index (κ1) is 18.5. The Hall–Kier alpha value is -1.34. The number of hydrogen-bond acceptors (Lipinski definition) is 4. The lowest BCUT2D eigenvalue weighted by molar-refractivity contribution is -0.134. The Bertz CT molecular complexity index is 659. The first-order valence-electron chi connectivity index (χ1n) is 8.36. The van der Waals surface area contributed by atoms with Crippen LogP contribution in [0.2, 0.25) is 10.0 Å². The maximum absolute atomic E-state index is 12.5. The zero-order valence-corrected chi connectivity index (χ0v) is 15.3. The molecule has 1 saturated carbocycles. The SMILES string of the molecule is O=C(NCCN1CCOCC1)C1(C(=O)Nc2ccc(Cl)cc2Cl)CC1. The summed E-state index contributed by atoms with van der Waals surface area (Å²) in [5, 5.41) is 6.47. The van der Waals surface area contributed by atoms with Gasteiger partial charge in [0.25, 0.3) is 0 Å². The van der Waals surface area contributed by atoms with Crippen molar-refractivity contribution in [1.29, 1.82) is 0 Å². The maximum atomic E-state index is 12.5. The monoisotopic (exact) mass is 385 g/mol. The fourth-order valence-corrected chi connectivity index (χ4v) is 3.29. The number of hydrogen-bond donors (Lipinski definition) is 2. The summed E-state index contributed by atoms with van der Waals surface area (Å²) in [4.78, 5) is 27.3. The van der Waals surface area contributed by atoms with E-state index in [2.05, 4.69) is 15.5 Å². The third kappa shape index (κ3) is 4.44. The highest BCUT2D eigenvalue weighted by Crippen LogP contribution is 2.47. The van der Waals surface area contributed by atoms with Crippen LogP contribution in [0.15, 0.2) is 18.2 Å². The molecule has 25 heavy (non-hydrogen) atoms. The summed E-state index contributed by atoms with van der Waals surface area (Å²) in [6, 6.07) is 4.83. The lowest BCUT2D eigenvalue weighted by Gasteiger charge is -2.26. The number of nitrogens with zero attached hydrogens (tertiary/aromatic N) is 1. The number of ether oxygens (including phenoxy) is 1. The van der Waals surface area contributed by atoms with Crippen molar-refractivity contribution in [2.24, 2.45) is 5.41 Å². The lowest BCUT2D eigenvalue weighted by Crippen LogP contribution is -2.45. The Labute approximate surface area is 156 Å². The molecule has 2 fully saturated rings. The highest BCUT2D eigenvalue weighted by Gasteiger charge is 2.56. The van der Waals surface area contributed by atoms with E-state index in [9.17, 15) is 9.59 Å². The Morgan fingerprint density at radius 1 is 1.16 bits per heavy atom. The van der Waals surface area contributed by atoms with Crippen molar-refractivity contribution in [3.63, 3.8) is 0 Å². The second-order valence-electron chi connectivity index (χ2n) is 6.37. The number of halogens is 2. The molecule has 0 atom stereocenters. The molecule has 1 aliphatic heterocycles. The normalized spacial score (nSPS) is 19.3. The molecule has 2 N–H and O–H groups in total. The quantitative estimate of drug-likeness (QED) is 0.736. The highest BCUT2D eigenvalue weighted by atomic mass is 35.5. The van der Waals surface area contributed by atoms with E-state index in [0.29, 0.717) is 35.1 Å². The first-order chi connectivity index (χ1) is 12.0. The van der Waals surface area contributed by atoms with Crippen LogP contribution in [0.5, 0.6) is 0 Å². The van der Waals surface area contributed by atoms with Gasteiger partial charge in [-0.25, -0.2) is 0 Å². The van der Waals surface area contributed by atoms with Crippen LogP contribution in [-0.2, 0) is 14.3 Å². The van der Waals surface area contributed by atoms with Gasteiger partial charge in [0.05, 0.1) is 23.9 Å². The van der Waals surface area contributed by atoms with Crippen molar-refractivity contribution in [3.8, 4) is 0 Å². The van der Waals surface area contributed by atoms with E-state index in [-0.39, 0.29) is 11.8 Å². The molecule has 3 rings (SSSR count). The van der Waals surface area contributed by atoms with Gasteiger partial charge < -0.3 is 15.4 Å². The standard InChI is InChI=1S/C17H21Cl2N3O3/c18-12-1-2-14(13(19)11-12)21-16(24)17(3-4-17)15(23)20-5-6-22-7-9-25-10-8-22/h1-2,11H,3-10H2,(H,20,23)(H,21,24). The fourth-order valence-electron chi connectivity index (χ4n) is 2.84. The topological polar surface area (TPSA) is 70.7 Å². The van der Waals surface area contributed by atoms with Gasteiger partial charge in [-0.3, -0.25) is 14.5 Å². The second kappa shape index (κ2) is 7.91. The molecule has 2 amide bonds. The maximum Gasteiger partial charge on any atom is 0.240 e. The van der Waals surface area contributed by atoms with Gasteiger partial charge in [-0.15, -0.1) is 0 Å². The number of rotatable bonds is 6. The molecule has 0 radical (unpaired) electrons. The number of amides is 2. The molecule has 0 spiro atoms. The number of morpholine rings is 1. The first-order valence-corrected chi connectivity index (χ1v) is 9.12. The molecular formula is C17H21Cl2N3O3. The molecule has 2 aliphatic rings. The van der Waals surface area contributed by atoms with Gasteiger partial charge in [0.2, 0.25) is 11.8 Å². The number of carbonyl (C=O) groups excluding carboxylic acids is 2. The van der Waals surface area contributed by atoms with Crippen LogP contribution in [0.3, 0.4) is 0 Å². The average Bonchev–Trinajstić information content (AvgIpc) is 3.40. The molecule has 1 saturated heterocycles. The zero-order chi connectivity index (χ0) is 17.9. The minimum atomic E-state index is -0.978. The predicted octanol–water partition coefficient (Wildman–Crippen LogP) is 2.16. The molecular weight excluding hydrogens is 365 g/mol. The molecule has 0 aromatic heterocycles. The Morgan fingerprint density at radius 2 is 1.88 bits per heavy atom. The van der Waals surface area contributed by atoms with E-state index in [1.165, 1.54) is 0 Å². The summed E-state index contributed by atoms with van der Waals surface area (Å²) in [6.45, 7) is 4.47. The van der Waals surface area contributed by atoms with Crippen molar-refractivity contribution in [3.05, 3.63) is 28.2 Å². The van der Waals surface area contributed by atoms with Crippen LogP contribution in [0.25, 0.3) is 0 Å². The highest BCUT2D eigenvalue weighted by molar-refractivity contribution is 6.36. The molecule has 8 heteroatoms. The fraction of sp³-hybridized carbons (Fsp3) is 0.529. The van der Waals surface area contributed by atoms with Gasteiger partial charge in [0.15, 0.2) is 0 Å². The minimum Gasteiger partial charge on any atom is -0.379 e. The molecule has 0 unspecified atom stereocenters. The van der Waals surface area contributed by atoms with Crippen LogP contribution >= 0.6 is 23.2 Å². The summed E-state index contributed by atoms with van der Waals surface area (Å²) in [5.41, 5.74) is -0.517. The van der Waals surface area contributed by atoms with Gasteiger partial charge in [-0.1, -0.05) is 23.2 Å². The van der Waals surface area contributed by atoms with Crippen molar-refractivity contribution in [1.82, 2.24) is 10.2 Å². The van der Waals surface area contributed by atoms with Crippen LogP contribution in [-0.4, -0.2) is 56.1 Å². The molecule has 136 valence electrons. The van der Waals surface area contributed by atoms with Crippen molar-refractivity contribution < 1.29 is 14.3 Å². The van der Waals surface area contributed by atoms with E-state index >= 15 is 0 Å². The number of carbonyl (C=O) groups is 2. The smallest absolute Gasteiger partial charge is 0.240 e. The molecule has 0 bridgehead atoms. The summed E-state index contributed by atoms with van der Waals surface area (Å²) in [6.07, 6.45) is 1.10. The molecule has 1 aromatic carbocycles. The third-order valence-corrected chi connectivity index (χ3v) is 5.16. The van der Waals surface area contributed by atoms with Gasteiger partial charge >= 0.3 is 0 Å². The van der Waals surface area contributed by atoms with E-state index < -0.39 is 5.41 Å². The van der Waals surface area contributed by atoms with Crippen LogP contribution < -0.4 is 10.6 Å². The van der Waals surface area contributed by atoms with Crippen molar-refractivity contribution in [2.45, 2.75) is 12.8 Å². The summed E-state index contributed by atoms with van der Waals surface area (Å²) < 4.78 is 5.30. The summed E-state index contributed by atoms with van der Waals surface area (Å²) in [5.74, 6) is -0.538. The van der Waals surface area contributed by atoms with Crippen molar-refractivity contribution in [2.75, 3.05) is 44.7 Å². The van der Waals surface area contributed by atoms with Gasteiger partial charge in [0, 0.05) is 31.2 Å². The Kier molecular flexibility index (Phi) is 5.84. The average molecular weight is 386 g/mol.